The number of fused-ring (bicyclic) bond motifs is 1. The number of ether oxygens (including phenoxy) is 1. The average molecular weight is 403 g/mol. The van der Waals surface area contributed by atoms with Gasteiger partial charge in [0.25, 0.3) is 0 Å². The van der Waals surface area contributed by atoms with Crippen LogP contribution in [0.15, 0.2) is 66.9 Å². The number of rotatable bonds is 4. The van der Waals surface area contributed by atoms with E-state index in [1.165, 1.54) is 46.5 Å². The van der Waals surface area contributed by atoms with Gasteiger partial charge < -0.3 is 4.74 Å². The van der Waals surface area contributed by atoms with Gasteiger partial charge in [-0.3, -0.25) is 4.98 Å². The zero-order valence-corrected chi connectivity index (χ0v) is 17.6. The fourth-order valence-corrected chi connectivity index (χ4v) is 8.34. The highest BCUT2D eigenvalue weighted by Crippen LogP contribution is 2.62. The molecule has 0 amide bonds. The third kappa shape index (κ3) is 2.99. The molecule has 0 saturated heterocycles. The number of nitrogens with zero attached hydrogens (tertiary/aromatic N) is 1. The smallest absolute Gasteiger partial charge is 0.173 e. The van der Waals surface area contributed by atoms with Crippen LogP contribution in [0.5, 0.6) is 5.06 Å². The number of pyridine rings is 1. The molecule has 0 saturated carbocycles. The first-order valence-electron chi connectivity index (χ1n) is 9.74. The molecule has 0 spiro atoms. The Morgan fingerprint density at radius 2 is 1.61 bits per heavy atom. The van der Waals surface area contributed by atoms with E-state index in [0.29, 0.717) is 0 Å². The molecule has 1 atom stereocenters. The van der Waals surface area contributed by atoms with Gasteiger partial charge in [-0.1, -0.05) is 55.3 Å². The maximum atomic E-state index is 5.52. The molecule has 28 heavy (non-hydrogen) atoms. The lowest BCUT2D eigenvalue weighted by molar-refractivity contribution is 0.427. The lowest BCUT2D eigenvalue weighted by Crippen LogP contribution is -2.01. The summed E-state index contributed by atoms with van der Waals surface area (Å²) in [6.07, 6.45) is 6.81. The molecule has 1 aromatic carbocycles. The van der Waals surface area contributed by atoms with Crippen LogP contribution in [-0.2, 0) is 12.8 Å². The molecule has 2 nitrogen and oxygen atoms in total. The Kier molecular flexibility index (Phi) is 4.80. The summed E-state index contributed by atoms with van der Waals surface area (Å²) >= 11 is 1.77. The number of aromatic nitrogens is 1. The second-order valence-electron chi connectivity index (χ2n) is 7.07. The molecule has 4 aromatic rings. The van der Waals surface area contributed by atoms with Gasteiger partial charge in [-0.25, -0.2) is 0 Å². The molecule has 5 rings (SSSR count). The van der Waals surface area contributed by atoms with E-state index in [2.05, 4.69) is 54.6 Å². The number of thiophene rings is 1. The van der Waals surface area contributed by atoms with Gasteiger partial charge in [0.05, 0.1) is 12.8 Å². The van der Waals surface area contributed by atoms with E-state index in [1.54, 1.807) is 29.6 Å². The topological polar surface area (TPSA) is 22.1 Å². The van der Waals surface area contributed by atoms with Crippen LogP contribution in [0, 0.1) is 0 Å². The first kappa shape index (κ1) is 17.7. The van der Waals surface area contributed by atoms with Crippen LogP contribution < -0.4 is 4.74 Å². The monoisotopic (exact) mass is 403 g/mol. The van der Waals surface area contributed by atoms with Crippen molar-refractivity contribution in [3.05, 3.63) is 78.0 Å². The summed E-state index contributed by atoms with van der Waals surface area (Å²) in [4.78, 5) is 6.14. The van der Waals surface area contributed by atoms with Crippen molar-refractivity contribution in [2.75, 3.05) is 7.11 Å². The van der Waals surface area contributed by atoms with E-state index in [9.17, 15) is 0 Å². The Morgan fingerprint density at radius 3 is 2.29 bits per heavy atom. The normalized spacial score (nSPS) is 14.0. The molecule has 0 fully saturated rings. The summed E-state index contributed by atoms with van der Waals surface area (Å²) in [5.41, 5.74) is 4.28. The molecule has 3 aromatic heterocycles. The highest BCUT2D eigenvalue weighted by Gasteiger charge is 2.28. The van der Waals surface area contributed by atoms with Crippen LogP contribution >= 0.6 is 18.9 Å². The van der Waals surface area contributed by atoms with Crippen molar-refractivity contribution in [2.24, 2.45) is 0 Å². The van der Waals surface area contributed by atoms with E-state index < -0.39 is 7.53 Å². The second kappa shape index (κ2) is 7.58. The molecule has 1 aliphatic rings. The predicted octanol–water partition coefficient (Wildman–Crippen LogP) is 7.34. The molecule has 0 aliphatic heterocycles. The zero-order chi connectivity index (χ0) is 18.9. The molecule has 0 radical (unpaired) electrons. The fraction of sp³-hybridized carbons (Fsp3) is 0.208. The van der Waals surface area contributed by atoms with Crippen molar-refractivity contribution >= 4 is 18.9 Å². The van der Waals surface area contributed by atoms with Crippen molar-refractivity contribution in [1.82, 2.24) is 4.98 Å². The van der Waals surface area contributed by atoms with Gasteiger partial charge in [0, 0.05) is 21.7 Å². The van der Waals surface area contributed by atoms with E-state index in [4.69, 9.17) is 9.72 Å². The van der Waals surface area contributed by atoms with E-state index in [-0.39, 0.29) is 0 Å². The maximum Gasteiger partial charge on any atom is 0.173 e. The van der Waals surface area contributed by atoms with E-state index >= 15 is 0 Å². The quantitative estimate of drug-likeness (QED) is 0.356. The molecule has 0 N–H and O–H groups in total. The Labute approximate surface area is 170 Å². The highest BCUT2D eigenvalue weighted by atomic mass is 32.1. The Balaban J connectivity index is 1.86. The first-order chi connectivity index (χ1) is 13.9. The van der Waals surface area contributed by atoms with Crippen molar-refractivity contribution in [3.63, 3.8) is 0 Å². The molecule has 0 bridgehead atoms. The maximum absolute atomic E-state index is 5.52. The van der Waals surface area contributed by atoms with E-state index in [0.717, 1.165) is 10.8 Å². The fourth-order valence-electron chi connectivity index (χ4n) is 4.23. The van der Waals surface area contributed by atoms with Crippen LogP contribution in [0.2, 0.25) is 0 Å². The molecule has 1 unspecified atom stereocenters. The lowest BCUT2D eigenvalue weighted by atomic mass is 9.91. The largest absolute Gasteiger partial charge is 0.487 e. The standard InChI is InChI=1S/C24H22NOPS/c1-26-22-15-14-21(28-22)24-19-12-6-5-11-18(19)23(20-13-7-8-16-25-20)27(24)17-9-3-2-4-10-17/h2-4,7-10,13-16H,5-6,11-12H2,1H3. The summed E-state index contributed by atoms with van der Waals surface area (Å²) in [7, 11) is 1.15. The second-order valence-corrected chi connectivity index (χ2v) is 10.2. The Hall–Kier alpha value is -2.35. The van der Waals surface area contributed by atoms with Crippen LogP contribution in [0.25, 0.3) is 26.5 Å². The van der Waals surface area contributed by atoms with E-state index in [1.807, 2.05) is 12.3 Å². The van der Waals surface area contributed by atoms with Gasteiger partial charge in [-0.2, -0.15) is 0 Å². The van der Waals surface area contributed by atoms with Crippen molar-refractivity contribution < 1.29 is 4.74 Å². The number of hydrogen-bond acceptors (Lipinski definition) is 3. The molecule has 3 heterocycles. The SMILES string of the molecule is COc1ccc(-c2c3c(c(-c4ccccn4)p2-c2ccccc2)CCCC3)s1. The Bertz CT molecular complexity index is 1100. The van der Waals surface area contributed by atoms with Crippen LogP contribution in [-0.4, -0.2) is 12.1 Å². The third-order valence-electron chi connectivity index (χ3n) is 5.42. The summed E-state index contributed by atoms with van der Waals surface area (Å²) in [5, 5.41) is 5.40. The number of hydrogen-bond donors (Lipinski definition) is 0. The lowest BCUT2D eigenvalue weighted by Gasteiger charge is -2.14. The van der Waals surface area contributed by atoms with Crippen LogP contribution in [0.1, 0.15) is 24.0 Å². The van der Waals surface area contributed by atoms with Crippen molar-refractivity contribution in [1.29, 1.82) is 0 Å². The minimum atomic E-state index is -0.610. The van der Waals surface area contributed by atoms with Crippen molar-refractivity contribution in [2.45, 2.75) is 25.7 Å². The first-order valence-corrected chi connectivity index (χ1v) is 11.9. The van der Waals surface area contributed by atoms with Gasteiger partial charge >= 0.3 is 0 Å². The molecule has 140 valence electrons. The van der Waals surface area contributed by atoms with Gasteiger partial charge in [0.1, 0.15) is 0 Å². The van der Waals surface area contributed by atoms with Crippen molar-refractivity contribution in [3.8, 4) is 31.5 Å². The summed E-state index contributed by atoms with van der Waals surface area (Å²) < 4.78 is 5.52. The minimum absolute atomic E-state index is 0.610. The van der Waals surface area contributed by atoms with Crippen LogP contribution in [0.4, 0.5) is 0 Å². The van der Waals surface area contributed by atoms with Gasteiger partial charge in [-0.15, -0.1) is 0 Å². The highest BCUT2D eigenvalue weighted by molar-refractivity contribution is 7.64. The summed E-state index contributed by atoms with van der Waals surface area (Å²) in [6, 6.07) is 21.7. The molecule has 4 heteroatoms. The molecular formula is C24H22NOPS. The molecular weight excluding hydrogens is 381 g/mol. The Morgan fingerprint density at radius 1 is 0.857 bits per heavy atom. The number of benzene rings is 1. The predicted molar refractivity (Wildman–Crippen MR) is 120 cm³/mol. The third-order valence-corrected chi connectivity index (χ3v) is 9.36. The zero-order valence-electron chi connectivity index (χ0n) is 15.9. The van der Waals surface area contributed by atoms with Gasteiger partial charge in [0.15, 0.2) is 5.06 Å². The van der Waals surface area contributed by atoms with Gasteiger partial charge in [-0.05, 0) is 66.4 Å². The summed E-state index contributed by atoms with van der Waals surface area (Å²) in [6.45, 7) is 0. The molecule has 1 aliphatic carbocycles. The summed E-state index contributed by atoms with van der Waals surface area (Å²) in [5.74, 6) is 0. The minimum Gasteiger partial charge on any atom is -0.487 e. The van der Waals surface area contributed by atoms with Crippen LogP contribution in [0.3, 0.4) is 0 Å². The van der Waals surface area contributed by atoms with Gasteiger partial charge in [0.2, 0.25) is 0 Å². The number of methoxy groups -OCH3 is 1. The average Bonchev–Trinajstić information content (AvgIpc) is 3.37.